The summed E-state index contributed by atoms with van der Waals surface area (Å²) in [6.07, 6.45) is 1.79. The van der Waals surface area contributed by atoms with E-state index in [0.29, 0.717) is 25.7 Å². The molecule has 0 spiro atoms. The minimum absolute atomic E-state index is 0.370. The predicted molar refractivity (Wildman–Crippen MR) is 81.6 cm³/mol. The fraction of sp³-hybridized carbons (Fsp3) is 0.400. The van der Waals surface area contributed by atoms with Crippen molar-refractivity contribution in [3.8, 4) is 11.5 Å². The number of nitrogens with two attached hydrogens (primary N) is 1. The van der Waals surface area contributed by atoms with Crippen LogP contribution in [0.5, 0.6) is 11.5 Å². The van der Waals surface area contributed by atoms with Gasteiger partial charge in [-0.25, -0.2) is 4.99 Å². The summed E-state index contributed by atoms with van der Waals surface area (Å²) in [5.41, 5.74) is 7.72. The van der Waals surface area contributed by atoms with Gasteiger partial charge >= 0.3 is 0 Å². The van der Waals surface area contributed by atoms with Gasteiger partial charge in [-0.1, -0.05) is 19.1 Å². The second-order valence-corrected chi connectivity index (χ2v) is 4.64. The minimum atomic E-state index is 0.370. The zero-order valence-electron chi connectivity index (χ0n) is 11.8. The van der Waals surface area contributed by atoms with Gasteiger partial charge in [-0.2, -0.15) is 0 Å². The number of guanidine groups is 1. The molecular formula is C15H21N3O2. The molecule has 2 rings (SSSR count). The van der Waals surface area contributed by atoms with Gasteiger partial charge in [0.15, 0.2) is 17.5 Å². The van der Waals surface area contributed by atoms with E-state index in [9.17, 15) is 0 Å². The SMILES string of the molecule is C=C(CC)CN=C(N)Nc1ccc2c(c1)OCCCO2. The molecule has 0 atom stereocenters. The van der Waals surface area contributed by atoms with Crippen molar-refractivity contribution in [2.24, 2.45) is 10.7 Å². The summed E-state index contributed by atoms with van der Waals surface area (Å²) in [5, 5.41) is 3.04. The number of fused-ring (bicyclic) bond motifs is 1. The molecule has 108 valence electrons. The van der Waals surface area contributed by atoms with Crippen LogP contribution in [0.15, 0.2) is 35.3 Å². The summed E-state index contributed by atoms with van der Waals surface area (Å²) in [7, 11) is 0. The Balaban J connectivity index is 2.02. The van der Waals surface area contributed by atoms with Crippen LogP contribution in [0.25, 0.3) is 0 Å². The van der Waals surface area contributed by atoms with E-state index in [2.05, 4.69) is 16.9 Å². The molecule has 0 amide bonds. The Labute approximate surface area is 119 Å². The van der Waals surface area contributed by atoms with Gasteiger partial charge in [-0.05, 0) is 18.6 Å². The second-order valence-electron chi connectivity index (χ2n) is 4.64. The summed E-state index contributed by atoms with van der Waals surface area (Å²) in [5.74, 6) is 1.87. The van der Waals surface area contributed by atoms with Crippen LogP contribution in [0.3, 0.4) is 0 Å². The highest BCUT2D eigenvalue weighted by molar-refractivity contribution is 5.92. The number of nitrogens with zero attached hydrogens (tertiary/aromatic N) is 1. The van der Waals surface area contributed by atoms with Crippen LogP contribution in [-0.2, 0) is 0 Å². The minimum Gasteiger partial charge on any atom is -0.490 e. The first-order valence-electron chi connectivity index (χ1n) is 6.82. The van der Waals surface area contributed by atoms with Gasteiger partial charge in [0, 0.05) is 18.2 Å². The number of hydrogen-bond donors (Lipinski definition) is 2. The Morgan fingerprint density at radius 3 is 2.85 bits per heavy atom. The first kappa shape index (κ1) is 14.2. The van der Waals surface area contributed by atoms with Gasteiger partial charge in [-0.3, -0.25) is 0 Å². The molecule has 1 aromatic carbocycles. The molecule has 0 aromatic heterocycles. The molecule has 5 heteroatoms. The fourth-order valence-electron chi connectivity index (χ4n) is 1.74. The van der Waals surface area contributed by atoms with E-state index >= 15 is 0 Å². The van der Waals surface area contributed by atoms with Crippen LogP contribution in [0, 0.1) is 0 Å². The summed E-state index contributed by atoms with van der Waals surface area (Å²) in [6, 6.07) is 5.64. The Morgan fingerprint density at radius 2 is 2.10 bits per heavy atom. The lowest BCUT2D eigenvalue weighted by molar-refractivity contribution is 0.297. The molecule has 0 saturated carbocycles. The second kappa shape index (κ2) is 6.84. The zero-order valence-corrected chi connectivity index (χ0v) is 11.8. The van der Waals surface area contributed by atoms with Gasteiger partial charge in [0.25, 0.3) is 0 Å². The van der Waals surface area contributed by atoms with Crippen molar-refractivity contribution in [1.29, 1.82) is 0 Å². The van der Waals surface area contributed by atoms with Gasteiger partial charge < -0.3 is 20.5 Å². The normalized spacial score (nSPS) is 14.6. The molecule has 0 fully saturated rings. The van der Waals surface area contributed by atoms with Crippen molar-refractivity contribution in [2.45, 2.75) is 19.8 Å². The van der Waals surface area contributed by atoms with Crippen LogP contribution < -0.4 is 20.5 Å². The third-order valence-electron chi connectivity index (χ3n) is 2.99. The van der Waals surface area contributed by atoms with E-state index in [0.717, 1.165) is 35.6 Å². The lowest BCUT2D eigenvalue weighted by atomic mass is 10.2. The van der Waals surface area contributed by atoms with Crippen molar-refractivity contribution in [1.82, 2.24) is 0 Å². The van der Waals surface area contributed by atoms with Crippen molar-refractivity contribution >= 4 is 11.6 Å². The number of benzene rings is 1. The number of ether oxygens (including phenoxy) is 2. The lowest BCUT2D eigenvalue weighted by Crippen LogP contribution is -2.23. The quantitative estimate of drug-likeness (QED) is 0.503. The van der Waals surface area contributed by atoms with Gasteiger partial charge in [0.2, 0.25) is 0 Å². The van der Waals surface area contributed by atoms with Crippen LogP contribution >= 0.6 is 0 Å². The highest BCUT2D eigenvalue weighted by Crippen LogP contribution is 2.32. The summed E-state index contributed by atoms with van der Waals surface area (Å²) in [6.45, 7) is 7.83. The molecule has 0 aliphatic carbocycles. The molecular weight excluding hydrogens is 254 g/mol. The molecule has 0 unspecified atom stereocenters. The Bertz CT molecular complexity index is 512. The highest BCUT2D eigenvalue weighted by Gasteiger charge is 2.10. The van der Waals surface area contributed by atoms with Crippen LogP contribution in [0.2, 0.25) is 0 Å². The smallest absolute Gasteiger partial charge is 0.193 e. The molecule has 3 N–H and O–H groups in total. The molecule has 1 aromatic rings. The van der Waals surface area contributed by atoms with E-state index in [-0.39, 0.29) is 0 Å². The van der Waals surface area contributed by atoms with Crippen molar-refractivity contribution in [3.63, 3.8) is 0 Å². The van der Waals surface area contributed by atoms with E-state index in [1.807, 2.05) is 25.1 Å². The maximum absolute atomic E-state index is 5.84. The molecule has 1 aliphatic heterocycles. The molecule has 0 radical (unpaired) electrons. The number of hydrogen-bond acceptors (Lipinski definition) is 3. The summed E-state index contributed by atoms with van der Waals surface area (Å²) >= 11 is 0. The Hall–Kier alpha value is -2.17. The predicted octanol–water partition coefficient (Wildman–Crippen LogP) is 2.54. The lowest BCUT2D eigenvalue weighted by Gasteiger charge is -2.10. The topological polar surface area (TPSA) is 68.9 Å². The van der Waals surface area contributed by atoms with Crippen LogP contribution in [-0.4, -0.2) is 25.7 Å². The summed E-state index contributed by atoms with van der Waals surface area (Å²) in [4.78, 5) is 4.23. The van der Waals surface area contributed by atoms with Gasteiger partial charge in [0.1, 0.15) is 0 Å². The monoisotopic (exact) mass is 275 g/mol. The first-order chi connectivity index (χ1) is 9.69. The standard InChI is InChI=1S/C15H21N3O2/c1-3-11(2)10-17-15(16)18-12-5-6-13-14(9-12)20-8-4-7-19-13/h5-6,9H,2-4,7-8,10H2,1H3,(H3,16,17,18). The van der Waals surface area contributed by atoms with Crippen molar-refractivity contribution in [3.05, 3.63) is 30.4 Å². The van der Waals surface area contributed by atoms with Crippen LogP contribution in [0.4, 0.5) is 5.69 Å². The third-order valence-corrected chi connectivity index (χ3v) is 2.99. The number of nitrogens with one attached hydrogen (secondary N) is 1. The van der Waals surface area contributed by atoms with E-state index in [1.165, 1.54) is 0 Å². The molecule has 5 nitrogen and oxygen atoms in total. The highest BCUT2D eigenvalue weighted by atomic mass is 16.5. The molecule has 0 bridgehead atoms. The van der Waals surface area contributed by atoms with E-state index in [1.54, 1.807) is 0 Å². The summed E-state index contributed by atoms with van der Waals surface area (Å²) < 4.78 is 11.2. The van der Waals surface area contributed by atoms with Crippen LogP contribution in [0.1, 0.15) is 19.8 Å². The maximum Gasteiger partial charge on any atom is 0.193 e. The molecule has 0 saturated heterocycles. The van der Waals surface area contributed by atoms with Gasteiger partial charge in [0.05, 0.1) is 19.8 Å². The van der Waals surface area contributed by atoms with Crippen molar-refractivity contribution < 1.29 is 9.47 Å². The Kier molecular flexibility index (Phi) is 4.87. The first-order valence-corrected chi connectivity index (χ1v) is 6.82. The third kappa shape index (κ3) is 3.91. The number of anilines is 1. The fourth-order valence-corrected chi connectivity index (χ4v) is 1.74. The number of rotatable bonds is 4. The average Bonchev–Trinajstić information content (AvgIpc) is 2.69. The molecule has 1 heterocycles. The van der Waals surface area contributed by atoms with Crippen molar-refractivity contribution in [2.75, 3.05) is 25.1 Å². The van der Waals surface area contributed by atoms with Gasteiger partial charge in [-0.15, -0.1) is 0 Å². The largest absolute Gasteiger partial charge is 0.490 e. The zero-order chi connectivity index (χ0) is 14.4. The average molecular weight is 275 g/mol. The number of aliphatic imine (C=N–C) groups is 1. The molecule has 1 aliphatic rings. The molecule has 20 heavy (non-hydrogen) atoms. The Morgan fingerprint density at radius 1 is 1.35 bits per heavy atom. The maximum atomic E-state index is 5.84. The van der Waals surface area contributed by atoms with E-state index < -0.39 is 0 Å². The van der Waals surface area contributed by atoms with E-state index in [4.69, 9.17) is 15.2 Å².